The van der Waals surface area contributed by atoms with Crippen molar-refractivity contribution >= 4 is 45.6 Å². The molecule has 2 N–H and O–H groups in total. The molecule has 0 saturated heterocycles. The van der Waals surface area contributed by atoms with Crippen LogP contribution in [0.15, 0.2) is 0 Å². The standard InChI is InChI=1S/C3H6O5S.Na.H/c1-2(3(4)5)9(6,7)8;;/h2H,1H3,(H,4,5)(H,6,7,8);;. The van der Waals surface area contributed by atoms with Crippen LogP contribution in [0.1, 0.15) is 6.92 Å². The second-order valence-electron chi connectivity index (χ2n) is 1.50. The third-order valence-corrected chi connectivity index (χ3v) is 1.89. The van der Waals surface area contributed by atoms with Crippen LogP contribution < -0.4 is 0 Å². The van der Waals surface area contributed by atoms with Crippen LogP contribution in [-0.2, 0) is 14.9 Å². The summed E-state index contributed by atoms with van der Waals surface area (Å²) in [5, 5.41) is 6.24. The molecule has 0 saturated carbocycles. The van der Waals surface area contributed by atoms with Crippen molar-refractivity contribution in [3.8, 4) is 0 Å². The number of aliphatic carboxylic acids is 1. The molecule has 0 aliphatic rings. The topological polar surface area (TPSA) is 91.7 Å². The third-order valence-electron chi connectivity index (χ3n) is 0.795. The molecule has 0 spiro atoms. The molecule has 0 aliphatic heterocycles. The molecule has 1 atom stereocenters. The van der Waals surface area contributed by atoms with E-state index >= 15 is 0 Å². The van der Waals surface area contributed by atoms with E-state index in [-0.39, 0.29) is 29.6 Å². The van der Waals surface area contributed by atoms with Crippen LogP contribution in [-0.4, -0.2) is 58.9 Å². The van der Waals surface area contributed by atoms with Gasteiger partial charge in [0.2, 0.25) is 0 Å². The molecule has 0 aliphatic carbocycles. The second-order valence-corrected chi connectivity index (χ2v) is 3.23. The average molecular weight is 178 g/mol. The van der Waals surface area contributed by atoms with Crippen molar-refractivity contribution in [3.63, 3.8) is 0 Å². The van der Waals surface area contributed by atoms with Gasteiger partial charge in [0.25, 0.3) is 10.1 Å². The summed E-state index contributed by atoms with van der Waals surface area (Å²) in [5.74, 6) is -1.56. The van der Waals surface area contributed by atoms with Crippen molar-refractivity contribution in [2.24, 2.45) is 0 Å². The number of hydrogen-bond acceptors (Lipinski definition) is 3. The van der Waals surface area contributed by atoms with E-state index in [1.807, 2.05) is 0 Å². The molecule has 0 bridgehead atoms. The molecule has 0 fully saturated rings. The number of carboxylic acids is 1. The monoisotopic (exact) mass is 178 g/mol. The zero-order valence-corrected chi connectivity index (χ0v) is 5.42. The predicted molar refractivity (Wildman–Crippen MR) is 35.8 cm³/mol. The number of carbonyl (C=O) groups is 1. The Bertz CT molecular complexity index is 207. The molecule has 0 aromatic rings. The predicted octanol–water partition coefficient (Wildman–Crippen LogP) is -1.30. The maximum absolute atomic E-state index is 9.95. The zero-order chi connectivity index (χ0) is 7.65. The van der Waals surface area contributed by atoms with Crippen LogP contribution in [0.2, 0.25) is 0 Å². The molecule has 1 unspecified atom stereocenters. The van der Waals surface area contributed by atoms with Gasteiger partial charge >= 0.3 is 35.5 Å². The van der Waals surface area contributed by atoms with Gasteiger partial charge in [-0.05, 0) is 6.92 Å². The van der Waals surface area contributed by atoms with E-state index in [1.165, 1.54) is 0 Å². The number of hydrogen-bond donors (Lipinski definition) is 2. The molecule has 0 aromatic heterocycles. The van der Waals surface area contributed by atoms with Crippen LogP contribution >= 0.6 is 0 Å². The molecule has 10 heavy (non-hydrogen) atoms. The Labute approximate surface area is 80.5 Å². The van der Waals surface area contributed by atoms with E-state index in [0.717, 1.165) is 6.92 Å². The molecule has 56 valence electrons. The molecule has 7 heteroatoms. The first-order chi connectivity index (χ1) is 3.85. The third kappa shape index (κ3) is 4.24. The maximum atomic E-state index is 9.95. The first kappa shape index (κ1) is 13.0. The normalized spacial score (nSPS) is 13.4. The first-order valence-corrected chi connectivity index (χ1v) is 3.55. The minimum absolute atomic E-state index is 0. The van der Waals surface area contributed by atoms with E-state index in [4.69, 9.17) is 9.66 Å². The van der Waals surface area contributed by atoms with Gasteiger partial charge < -0.3 is 5.11 Å². The van der Waals surface area contributed by atoms with Gasteiger partial charge in [-0.1, -0.05) is 0 Å². The summed E-state index contributed by atoms with van der Waals surface area (Å²) in [7, 11) is -4.40. The summed E-state index contributed by atoms with van der Waals surface area (Å²) < 4.78 is 27.9. The Morgan fingerprint density at radius 3 is 1.80 bits per heavy atom. The van der Waals surface area contributed by atoms with Gasteiger partial charge in [0.05, 0.1) is 0 Å². The van der Waals surface area contributed by atoms with Crippen LogP contribution in [0.25, 0.3) is 0 Å². The van der Waals surface area contributed by atoms with Gasteiger partial charge in [0.15, 0.2) is 5.25 Å². The van der Waals surface area contributed by atoms with Crippen LogP contribution in [0.3, 0.4) is 0 Å². The fraction of sp³-hybridized carbons (Fsp3) is 0.667. The van der Waals surface area contributed by atoms with Crippen LogP contribution in [0.5, 0.6) is 0 Å². The van der Waals surface area contributed by atoms with Crippen molar-refractivity contribution in [2.45, 2.75) is 12.2 Å². The fourth-order valence-corrected chi connectivity index (χ4v) is 0.382. The zero-order valence-electron chi connectivity index (χ0n) is 4.60. The number of rotatable bonds is 2. The average Bonchev–Trinajstić information content (AvgIpc) is 1.62. The van der Waals surface area contributed by atoms with E-state index in [2.05, 4.69) is 0 Å². The van der Waals surface area contributed by atoms with Crippen molar-refractivity contribution in [3.05, 3.63) is 0 Å². The Morgan fingerprint density at radius 1 is 1.50 bits per heavy atom. The molecule has 0 heterocycles. The summed E-state index contributed by atoms with van der Waals surface area (Å²) in [6.07, 6.45) is 0. The minimum atomic E-state index is -4.40. The fourth-order valence-electron chi connectivity index (χ4n) is 0.127. The van der Waals surface area contributed by atoms with Gasteiger partial charge in [-0.3, -0.25) is 9.35 Å². The Balaban J connectivity index is 0. The van der Waals surface area contributed by atoms with E-state index in [0.29, 0.717) is 0 Å². The quantitative estimate of drug-likeness (QED) is 0.405. The molecule has 0 aromatic carbocycles. The molecule has 5 nitrogen and oxygen atoms in total. The molecule has 0 amide bonds. The van der Waals surface area contributed by atoms with Crippen molar-refractivity contribution < 1.29 is 22.9 Å². The summed E-state index contributed by atoms with van der Waals surface area (Å²) in [6, 6.07) is 0. The first-order valence-electron chi connectivity index (χ1n) is 2.05. The summed E-state index contributed by atoms with van der Waals surface area (Å²) in [4.78, 5) is 9.81. The summed E-state index contributed by atoms with van der Waals surface area (Å²) >= 11 is 0. The van der Waals surface area contributed by atoms with Crippen LogP contribution in [0, 0.1) is 0 Å². The van der Waals surface area contributed by atoms with E-state index in [9.17, 15) is 13.2 Å². The van der Waals surface area contributed by atoms with Gasteiger partial charge in [-0.25, -0.2) is 0 Å². The molecule has 0 radical (unpaired) electrons. The van der Waals surface area contributed by atoms with Crippen molar-refractivity contribution in [1.29, 1.82) is 0 Å². The second kappa shape index (κ2) is 4.30. The summed E-state index contributed by atoms with van der Waals surface area (Å²) in [6.45, 7) is 0.887. The Hall–Kier alpha value is 0.380. The molecule has 0 rings (SSSR count). The van der Waals surface area contributed by atoms with Gasteiger partial charge in [-0.15, -0.1) is 0 Å². The van der Waals surface area contributed by atoms with Crippen molar-refractivity contribution in [2.75, 3.05) is 0 Å². The Morgan fingerprint density at radius 2 is 1.80 bits per heavy atom. The Kier molecular flexibility index (Phi) is 5.59. The van der Waals surface area contributed by atoms with E-state index in [1.54, 1.807) is 0 Å². The van der Waals surface area contributed by atoms with Gasteiger partial charge in [-0.2, -0.15) is 8.42 Å². The van der Waals surface area contributed by atoms with Crippen LogP contribution in [0.4, 0.5) is 0 Å². The van der Waals surface area contributed by atoms with Crippen molar-refractivity contribution in [1.82, 2.24) is 0 Å². The molecular weight excluding hydrogens is 171 g/mol. The number of carboxylic acid groups (broad SMARTS) is 1. The SMILES string of the molecule is CC(C(=O)O)S(=O)(=O)O.[NaH]. The van der Waals surface area contributed by atoms with Gasteiger partial charge in [0.1, 0.15) is 0 Å². The summed E-state index contributed by atoms with van der Waals surface area (Å²) in [5.41, 5.74) is 0. The molecular formula is C3H7NaO5S. The van der Waals surface area contributed by atoms with E-state index < -0.39 is 21.3 Å². The van der Waals surface area contributed by atoms with Gasteiger partial charge in [0, 0.05) is 0 Å².